The maximum absolute atomic E-state index is 12.0. The summed E-state index contributed by atoms with van der Waals surface area (Å²) in [5.41, 5.74) is 7.44. The molecule has 0 spiro atoms. The molecule has 4 N–H and O–H groups in total. The van der Waals surface area contributed by atoms with Crippen LogP contribution in [0.3, 0.4) is 0 Å². The van der Waals surface area contributed by atoms with E-state index in [4.69, 9.17) is 5.73 Å². The number of carbonyl (C=O) groups is 2. The van der Waals surface area contributed by atoms with E-state index >= 15 is 0 Å². The third-order valence-electron chi connectivity index (χ3n) is 3.95. The first-order valence-electron chi connectivity index (χ1n) is 7.34. The number of anilines is 2. The van der Waals surface area contributed by atoms with Crippen molar-refractivity contribution in [3.8, 4) is 0 Å². The smallest absolute Gasteiger partial charge is 0.321 e. The third kappa shape index (κ3) is 3.33. The number of nitrogens with two attached hydrogens (primary N) is 1. The van der Waals surface area contributed by atoms with Crippen molar-refractivity contribution in [2.24, 2.45) is 11.7 Å². The Morgan fingerprint density at radius 3 is 2.95 bits per heavy atom. The molecule has 2 aliphatic rings. The lowest BCUT2D eigenvalue weighted by Crippen LogP contribution is -2.29. The van der Waals surface area contributed by atoms with E-state index in [1.54, 1.807) is 4.90 Å². The molecule has 6 heteroatoms. The summed E-state index contributed by atoms with van der Waals surface area (Å²) in [7, 11) is 0. The molecule has 1 aromatic rings. The third-order valence-corrected chi connectivity index (χ3v) is 3.95. The van der Waals surface area contributed by atoms with Gasteiger partial charge < -0.3 is 16.4 Å². The van der Waals surface area contributed by atoms with Gasteiger partial charge in [-0.2, -0.15) is 0 Å². The Kier molecular flexibility index (Phi) is 3.79. The molecule has 21 heavy (non-hydrogen) atoms. The summed E-state index contributed by atoms with van der Waals surface area (Å²) in [5.74, 6) is 0.438. The van der Waals surface area contributed by atoms with Gasteiger partial charge in [-0.05, 0) is 37.0 Å². The van der Waals surface area contributed by atoms with E-state index in [0.717, 1.165) is 18.5 Å². The minimum Gasteiger partial charge on any atom is -0.336 e. The topological polar surface area (TPSA) is 87.5 Å². The van der Waals surface area contributed by atoms with Gasteiger partial charge in [0.1, 0.15) is 0 Å². The highest BCUT2D eigenvalue weighted by Gasteiger charge is 2.29. The molecule has 0 radical (unpaired) electrons. The van der Waals surface area contributed by atoms with Crippen LogP contribution in [-0.4, -0.2) is 31.1 Å². The van der Waals surface area contributed by atoms with Gasteiger partial charge in [-0.3, -0.25) is 9.69 Å². The number of amides is 3. The Labute approximate surface area is 123 Å². The van der Waals surface area contributed by atoms with Crippen molar-refractivity contribution >= 4 is 23.3 Å². The molecule has 3 rings (SSSR count). The molecule has 1 heterocycles. The van der Waals surface area contributed by atoms with E-state index in [2.05, 4.69) is 10.6 Å². The predicted molar refractivity (Wildman–Crippen MR) is 81.1 cm³/mol. The van der Waals surface area contributed by atoms with Crippen LogP contribution in [0.15, 0.2) is 24.3 Å². The molecule has 0 aromatic heterocycles. The fourth-order valence-electron chi connectivity index (χ4n) is 2.59. The van der Waals surface area contributed by atoms with Crippen molar-refractivity contribution in [3.63, 3.8) is 0 Å². The van der Waals surface area contributed by atoms with Crippen molar-refractivity contribution in [2.75, 3.05) is 23.3 Å². The lowest BCUT2D eigenvalue weighted by molar-refractivity contribution is -0.116. The molecule has 1 saturated carbocycles. The van der Waals surface area contributed by atoms with Crippen LogP contribution in [0.1, 0.15) is 19.3 Å². The molecule has 2 fully saturated rings. The summed E-state index contributed by atoms with van der Waals surface area (Å²) >= 11 is 0. The fraction of sp³-hybridized carbons (Fsp3) is 0.467. The second-order valence-corrected chi connectivity index (χ2v) is 5.69. The van der Waals surface area contributed by atoms with Crippen LogP contribution in [-0.2, 0) is 4.79 Å². The first-order valence-corrected chi connectivity index (χ1v) is 7.34. The van der Waals surface area contributed by atoms with Gasteiger partial charge in [0.15, 0.2) is 0 Å². The number of benzene rings is 1. The Balaban J connectivity index is 1.62. The lowest BCUT2D eigenvalue weighted by atomic mass is 10.1. The molecule has 3 amide bonds. The molecular weight excluding hydrogens is 268 g/mol. The molecule has 1 unspecified atom stereocenters. The van der Waals surface area contributed by atoms with Crippen LogP contribution < -0.4 is 21.3 Å². The molecule has 112 valence electrons. The molecule has 6 nitrogen and oxygen atoms in total. The van der Waals surface area contributed by atoms with Crippen LogP contribution in [0.25, 0.3) is 0 Å². The van der Waals surface area contributed by atoms with Crippen LogP contribution in [0.5, 0.6) is 0 Å². The minimum atomic E-state index is -0.103. The molecule has 1 aliphatic heterocycles. The molecule has 1 aliphatic carbocycles. The van der Waals surface area contributed by atoms with Gasteiger partial charge >= 0.3 is 6.03 Å². The van der Waals surface area contributed by atoms with Crippen molar-refractivity contribution < 1.29 is 9.59 Å². The van der Waals surface area contributed by atoms with Crippen LogP contribution >= 0.6 is 0 Å². The van der Waals surface area contributed by atoms with E-state index < -0.39 is 0 Å². The van der Waals surface area contributed by atoms with Crippen molar-refractivity contribution in [2.45, 2.75) is 25.3 Å². The quantitative estimate of drug-likeness (QED) is 0.762. The standard InChI is InChI=1S/C15H20N4O2/c16-13(10-4-5-10)9-14(20)18-11-2-1-3-12(8-11)19-7-6-17-15(19)21/h1-3,8,10,13H,4-7,9,16H2,(H,17,21)(H,18,20). The Hall–Kier alpha value is -2.08. The molecule has 1 atom stereocenters. The highest BCUT2D eigenvalue weighted by atomic mass is 16.2. The van der Waals surface area contributed by atoms with Gasteiger partial charge in [0.25, 0.3) is 0 Å². The average molecular weight is 288 g/mol. The number of urea groups is 1. The number of hydrogen-bond donors (Lipinski definition) is 3. The van der Waals surface area contributed by atoms with Gasteiger partial charge in [0.2, 0.25) is 5.91 Å². The largest absolute Gasteiger partial charge is 0.336 e. The summed E-state index contributed by atoms with van der Waals surface area (Å²) < 4.78 is 0. The maximum Gasteiger partial charge on any atom is 0.321 e. The minimum absolute atomic E-state index is 0.0439. The van der Waals surface area contributed by atoms with Crippen molar-refractivity contribution in [1.29, 1.82) is 0 Å². The van der Waals surface area contributed by atoms with Crippen LogP contribution in [0.2, 0.25) is 0 Å². The highest BCUT2D eigenvalue weighted by molar-refractivity contribution is 5.96. The molecular formula is C15H20N4O2. The van der Waals surface area contributed by atoms with E-state index in [-0.39, 0.29) is 18.0 Å². The average Bonchev–Trinajstić information content (AvgIpc) is 3.21. The molecule has 1 aromatic carbocycles. The normalized spacial score (nSPS) is 19.3. The van der Waals surface area contributed by atoms with E-state index in [1.165, 1.54) is 0 Å². The van der Waals surface area contributed by atoms with Gasteiger partial charge in [-0.1, -0.05) is 6.07 Å². The molecule has 1 saturated heterocycles. The zero-order valence-electron chi connectivity index (χ0n) is 11.8. The SMILES string of the molecule is NC(CC(=O)Nc1cccc(N2CCNC2=O)c1)C1CC1. The van der Waals surface area contributed by atoms with Gasteiger partial charge in [-0.15, -0.1) is 0 Å². The number of nitrogens with one attached hydrogen (secondary N) is 2. The lowest BCUT2D eigenvalue weighted by Gasteiger charge is -2.16. The van der Waals surface area contributed by atoms with E-state index in [9.17, 15) is 9.59 Å². The van der Waals surface area contributed by atoms with Gasteiger partial charge in [0.05, 0.1) is 0 Å². The van der Waals surface area contributed by atoms with Crippen LogP contribution in [0.4, 0.5) is 16.2 Å². The van der Waals surface area contributed by atoms with E-state index in [0.29, 0.717) is 31.1 Å². The summed E-state index contributed by atoms with van der Waals surface area (Å²) in [6, 6.07) is 7.17. The number of rotatable bonds is 5. The van der Waals surface area contributed by atoms with Crippen molar-refractivity contribution in [1.82, 2.24) is 5.32 Å². The fourth-order valence-corrected chi connectivity index (χ4v) is 2.59. The van der Waals surface area contributed by atoms with Crippen molar-refractivity contribution in [3.05, 3.63) is 24.3 Å². The second-order valence-electron chi connectivity index (χ2n) is 5.69. The number of hydrogen-bond acceptors (Lipinski definition) is 3. The Morgan fingerprint density at radius 2 is 2.29 bits per heavy atom. The Morgan fingerprint density at radius 1 is 1.48 bits per heavy atom. The second kappa shape index (κ2) is 5.73. The van der Waals surface area contributed by atoms with Gasteiger partial charge in [-0.25, -0.2) is 4.79 Å². The summed E-state index contributed by atoms with van der Waals surface area (Å²) in [6.45, 7) is 1.29. The predicted octanol–water partition coefficient (Wildman–Crippen LogP) is 1.28. The van der Waals surface area contributed by atoms with Gasteiger partial charge in [0, 0.05) is 36.9 Å². The highest BCUT2D eigenvalue weighted by Crippen LogP contribution is 2.33. The summed E-state index contributed by atoms with van der Waals surface area (Å²) in [6.07, 6.45) is 2.61. The summed E-state index contributed by atoms with van der Waals surface area (Å²) in [4.78, 5) is 25.3. The first kappa shape index (κ1) is 13.9. The zero-order valence-corrected chi connectivity index (χ0v) is 11.8. The summed E-state index contributed by atoms with van der Waals surface area (Å²) in [5, 5.41) is 5.61. The zero-order chi connectivity index (χ0) is 14.8. The maximum atomic E-state index is 12.0. The van der Waals surface area contributed by atoms with Crippen LogP contribution in [0, 0.1) is 5.92 Å². The van der Waals surface area contributed by atoms with E-state index in [1.807, 2.05) is 24.3 Å². The number of carbonyl (C=O) groups excluding carboxylic acids is 2. The monoisotopic (exact) mass is 288 g/mol. The number of nitrogens with zero attached hydrogens (tertiary/aromatic N) is 1. The Bertz CT molecular complexity index is 556. The first-order chi connectivity index (χ1) is 10.1. The molecule has 0 bridgehead atoms.